The topological polar surface area (TPSA) is 86.4 Å². The number of urea groups is 1. The van der Waals surface area contributed by atoms with Crippen LogP contribution >= 0.6 is 0 Å². The Balaban J connectivity index is 1.79. The summed E-state index contributed by atoms with van der Waals surface area (Å²) in [5.74, 6) is 1.23. The molecule has 1 aliphatic heterocycles. The number of carbonyl (C=O) groups excluding carboxylic acids is 2. The lowest BCUT2D eigenvalue weighted by molar-refractivity contribution is 0.0963. The molecule has 2 aliphatic rings. The quantitative estimate of drug-likeness (QED) is 0.748. The van der Waals surface area contributed by atoms with E-state index in [1.807, 2.05) is 24.8 Å². The molecule has 0 unspecified atom stereocenters. The second kappa shape index (κ2) is 7.93. The van der Waals surface area contributed by atoms with Crippen LogP contribution in [-0.4, -0.2) is 54.5 Å². The fourth-order valence-electron chi connectivity index (χ4n) is 3.18. The summed E-state index contributed by atoms with van der Waals surface area (Å²) in [5.41, 5.74) is 2.63. The summed E-state index contributed by atoms with van der Waals surface area (Å²) in [6.45, 7) is 6.05. The Morgan fingerprint density at radius 1 is 1.27 bits per heavy atom. The monoisotopic (exact) mass is 359 g/mol. The molecule has 3 rings (SSSR count). The van der Waals surface area contributed by atoms with E-state index < -0.39 is 0 Å². The van der Waals surface area contributed by atoms with Gasteiger partial charge in [0.05, 0.1) is 5.56 Å². The highest BCUT2D eigenvalue weighted by molar-refractivity contribution is 5.98. The number of rotatable bonds is 5. The summed E-state index contributed by atoms with van der Waals surface area (Å²) in [7, 11) is 1.64. The Kier molecular flexibility index (Phi) is 5.64. The SMILES string of the molecule is CNC(=O)c1cc2c(nc1NCC1CC1)CCN(C(=O)NC(C)C)CC2. The Hall–Kier alpha value is -2.31. The van der Waals surface area contributed by atoms with Crippen LogP contribution < -0.4 is 16.0 Å². The zero-order valence-electron chi connectivity index (χ0n) is 15.9. The molecule has 0 aromatic carbocycles. The molecule has 1 aromatic heterocycles. The van der Waals surface area contributed by atoms with E-state index in [1.54, 1.807) is 7.05 Å². The predicted molar refractivity (Wildman–Crippen MR) is 101 cm³/mol. The summed E-state index contributed by atoms with van der Waals surface area (Å²) < 4.78 is 0. The first-order valence-electron chi connectivity index (χ1n) is 9.52. The molecule has 7 heteroatoms. The van der Waals surface area contributed by atoms with Crippen LogP contribution in [0, 0.1) is 5.92 Å². The number of nitrogens with one attached hydrogen (secondary N) is 3. The highest BCUT2D eigenvalue weighted by Gasteiger charge is 2.25. The summed E-state index contributed by atoms with van der Waals surface area (Å²) >= 11 is 0. The maximum absolute atomic E-state index is 12.3. The van der Waals surface area contributed by atoms with Crippen molar-refractivity contribution in [2.75, 3.05) is 32.0 Å². The predicted octanol–water partition coefficient (Wildman–Crippen LogP) is 1.78. The summed E-state index contributed by atoms with van der Waals surface area (Å²) in [5, 5.41) is 9.01. The lowest BCUT2D eigenvalue weighted by Crippen LogP contribution is -2.44. The average molecular weight is 359 g/mol. The Bertz CT molecular complexity index is 685. The summed E-state index contributed by atoms with van der Waals surface area (Å²) in [4.78, 5) is 31.2. The van der Waals surface area contributed by atoms with Gasteiger partial charge in [-0.1, -0.05) is 0 Å². The number of pyridine rings is 1. The van der Waals surface area contributed by atoms with Crippen molar-refractivity contribution in [1.82, 2.24) is 20.5 Å². The minimum atomic E-state index is -0.128. The maximum atomic E-state index is 12.3. The van der Waals surface area contributed by atoms with E-state index in [4.69, 9.17) is 4.98 Å². The zero-order chi connectivity index (χ0) is 18.7. The zero-order valence-corrected chi connectivity index (χ0v) is 15.9. The van der Waals surface area contributed by atoms with Crippen LogP contribution in [-0.2, 0) is 12.8 Å². The molecule has 0 spiro atoms. The van der Waals surface area contributed by atoms with E-state index in [0.717, 1.165) is 17.8 Å². The Morgan fingerprint density at radius 2 is 2.00 bits per heavy atom. The van der Waals surface area contributed by atoms with E-state index in [2.05, 4.69) is 16.0 Å². The van der Waals surface area contributed by atoms with E-state index in [9.17, 15) is 9.59 Å². The fraction of sp³-hybridized carbons (Fsp3) is 0.632. The van der Waals surface area contributed by atoms with Gasteiger partial charge in [-0.05, 0) is 50.7 Å². The van der Waals surface area contributed by atoms with Gasteiger partial charge in [0, 0.05) is 44.8 Å². The number of hydrogen-bond acceptors (Lipinski definition) is 4. The minimum Gasteiger partial charge on any atom is -0.369 e. The van der Waals surface area contributed by atoms with Crippen LogP contribution in [0.2, 0.25) is 0 Å². The highest BCUT2D eigenvalue weighted by Crippen LogP contribution is 2.30. The second-order valence-corrected chi connectivity index (χ2v) is 7.48. The van der Waals surface area contributed by atoms with Crippen molar-refractivity contribution in [3.8, 4) is 0 Å². The number of hydrogen-bond donors (Lipinski definition) is 3. The van der Waals surface area contributed by atoms with E-state index in [0.29, 0.717) is 43.2 Å². The molecule has 1 saturated carbocycles. The molecule has 1 aliphatic carbocycles. The highest BCUT2D eigenvalue weighted by atomic mass is 16.2. The number of fused-ring (bicyclic) bond motifs is 1. The molecule has 1 fully saturated rings. The standard InChI is InChI=1S/C19H29N5O2/c1-12(2)22-19(26)24-8-6-14-10-15(18(25)20-3)17(21-11-13-4-5-13)23-16(14)7-9-24/h10,12-13H,4-9,11H2,1-3H3,(H,20,25)(H,21,23)(H,22,26). The smallest absolute Gasteiger partial charge is 0.317 e. The van der Waals surface area contributed by atoms with E-state index >= 15 is 0 Å². The van der Waals surface area contributed by atoms with Gasteiger partial charge in [-0.3, -0.25) is 4.79 Å². The number of aromatic nitrogens is 1. The van der Waals surface area contributed by atoms with Crippen molar-refractivity contribution < 1.29 is 9.59 Å². The fourth-order valence-corrected chi connectivity index (χ4v) is 3.18. The molecular formula is C19H29N5O2. The van der Waals surface area contributed by atoms with Crippen molar-refractivity contribution in [3.63, 3.8) is 0 Å². The van der Waals surface area contributed by atoms with Crippen molar-refractivity contribution in [3.05, 3.63) is 22.9 Å². The molecular weight excluding hydrogens is 330 g/mol. The summed E-state index contributed by atoms with van der Waals surface area (Å²) in [6, 6.07) is 2.02. The molecule has 3 N–H and O–H groups in total. The first-order valence-corrected chi connectivity index (χ1v) is 9.52. The molecule has 3 amide bonds. The van der Waals surface area contributed by atoms with Crippen molar-refractivity contribution in [2.24, 2.45) is 5.92 Å². The van der Waals surface area contributed by atoms with Crippen LogP contribution in [0.25, 0.3) is 0 Å². The van der Waals surface area contributed by atoms with Gasteiger partial charge < -0.3 is 20.9 Å². The normalized spacial score (nSPS) is 16.7. The average Bonchev–Trinajstić information content (AvgIpc) is 3.44. The van der Waals surface area contributed by atoms with Gasteiger partial charge in [-0.25, -0.2) is 9.78 Å². The second-order valence-electron chi connectivity index (χ2n) is 7.48. The van der Waals surface area contributed by atoms with Gasteiger partial charge in [0.25, 0.3) is 5.91 Å². The van der Waals surface area contributed by atoms with Gasteiger partial charge in [0.15, 0.2) is 0 Å². The lowest BCUT2D eigenvalue weighted by atomic mass is 10.1. The van der Waals surface area contributed by atoms with Crippen LogP contribution in [0.1, 0.15) is 48.3 Å². The van der Waals surface area contributed by atoms with E-state index in [1.165, 1.54) is 12.8 Å². The largest absolute Gasteiger partial charge is 0.369 e. The van der Waals surface area contributed by atoms with Gasteiger partial charge in [-0.15, -0.1) is 0 Å². The minimum absolute atomic E-state index is 0.0357. The lowest BCUT2D eigenvalue weighted by Gasteiger charge is -2.22. The van der Waals surface area contributed by atoms with Crippen molar-refractivity contribution in [1.29, 1.82) is 0 Å². The van der Waals surface area contributed by atoms with Gasteiger partial charge >= 0.3 is 6.03 Å². The number of nitrogens with zero attached hydrogens (tertiary/aromatic N) is 2. The maximum Gasteiger partial charge on any atom is 0.317 e. The molecule has 1 aromatic rings. The Morgan fingerprint density at radius 3 is 2.65 bits per heavy atom. The number of carbonyl (C=O) groups is 2. The number of amides is 3. The third kappa shape index (κ3) is 4.45. The van der Waals surface area contributed by atoms with Gasteiger partial charge in [-0.2, -0.15) is 0 Å². The molecule has 26 heavy (non-hydrogen) atoms. The van der Waals surface area contributed by atoms with Crippen LogP contribution in [0.15, 0.2) is 6.07 Å². The molecule has 142 valence electrons. The molecule has 0 radical (unpaired) electrons. The molecule has 0 atom stereocenters. The summed E-state index contributed by atoms with van der Waals surface area (Å²) in [6.07, 6.45) is 3.90. The van der Waals surface area contributed by atoms with E-state index in [-0.39, 0.29) is 18.0 Å². The third-order valence-corrected chi connectivity index (χ3v) is 4.89. The molecule has 7 nitrogen and oxygen atoms in total. The first-order chi connectivity index (χ1) is 12.5. The third-order valence-electron chi connectivity index (χ3n) is 4.89. The van der Waals surface area contributed by atoms with Crippen molar-refractivity contribution in [2.45, 2.75) is 45.6 Å². The van der Waals surface area contributed by atoms with Crippen LogP contribution in [0.5, 0.6) is 0 Å². The van der Waals surface area contributed by atoms with Crippen molar-refractivity contribution >= 4 is 17.8 Å². The Labute approximate surface area is 154 Å². The molecule has 0 saturated heterocycles. The number of anilines is 1. The molecule has 0 bridgehead atoms. The van der Waals surface area contributed by atoms with Crippen LogP contribution in [0.4, 0.5) is 10.6 Å². The van der Waals surface area contributed by atoms with Gasteiger partial charge in [0.2, 0.25) is 0 Å². The van der Waals surface area contributed by atoms with Crippen LogP contribution in [0.3, 0.4) is 0 Å². The molecule has 2 heterocycles. The first kappa shape index (κ1) is 18.5. The van der Waals surface area contributed by atoms with Gasteiger partial charge in [0.1, 0.15) is 5.82 Å².